The van der Waals surface area contributed by atoms with Crippen LogP contribution in [0, 0.1) is 0 Å². The van der Waals surface area contributed by atoms with Crippen LogP contribution in [-0.2, 0) is 10.1 Å². The van der Waals surface area contributed by atoms with E-state index in [0.717, 1.165) is 10.8 Å². The molecule has 3 aromatic rings. The number of azo groups is 1. The molecule has 116 valence electrons. The maximum Gasteiger partial charge on any atom is 0.124 e. The summed E-state index contributed by atoms with van der Waals surface area (Å²) in [6.45, 7) is 0. The highest BCUT2D eigenvalue weighted by Crippen LogP contribution is 2.31. The van der Waals surface area contributed by atoms with Crippen LogP contribution < -0.4 is 5.73 Å². The summed E-state index contributed by atoms with van der Waals surface area (Å²) in [5.74, 6) is 0. The van der Waals surface area contributed by atoms with E-state index in [-0.39, 0.29) is 4.90 Å². The van der Waals surface area contributed by atoms with Gasteiger partial charge >= 0.3 is 0 Å². The van der Waals surface area contributed by atoms with Crippen LogP contribution in [0.5, 0.6) is 0 Å². The Bertz CT molecular complexity index is 997. The fourth-order valence-electron chi connectivity index (χ4n) is 2.18. The van der Waals surface area contributed by atoms with Gasteiger partial charge in [0.25, 0.3) is 0 Å². The summed E-state index contributed by atoms with van der Waals surface area (Å²) in [4.78, 5) is -0.297. The van der Waals surface area contributed by atoms with Crippen LogP contribution in [0.1, 0.15) is 0 Å². The Kier molecular flexibility index (Phi) is 3.81. The summed E-state index contributed by atoms with van der Waals surface area (Å²) in [5.41, 5.74) is 7.68. The van der Waals surface area contributed by atoms with E-state index in [1.807, 2.05) is 24.3 Å². The SMILES string of the molecule is Nc1ccc(N=Nc2ccc(S(=O)(=O)[O-])cc2)c2ccccc12. The van der Waals surface area contributed by atoms with Gasteiger partial charge in [0.15, 0.2) is 0 Å². The summed E-state index contributed by atoms with van der Waals surface area (Å²) in [5, 5.41) is 10.0. The van der Waals surface area contributed by atoms with Crippen molar-refractivity contribution in [2.24, 2.45) is 10.2 Å². The molecule has 23 heavy (non-hydrogen) atoms. The van der Waals surface area contributed by atoms with Crippen molar-refractivity contribution in [3.8, 4) is 0 Å². The molecule has 0 aromatic heterocycles. The molecule has 0 amide bonds. The molecule has 0 atom stereocenters. The van der Waals surface area contributed by atoms with Crippen LogP contribution in [0.15, 0.2) is 75.8 Å². The first-order chi connectivity index (χ1) is 10.9. The van der Waals surface area contributed by atoms with Crippen molar-refractivity contribution in [3.63, 3.8) is 0 Å². The van der Waals surface area contributed by atoms with Crippen molar-refractivity contribution in [1.82, 2.24) is 0 Å². The Morgan fingerprint density at radius 3 is 2.13 bits per heavy atom. The lowest BCUT2D eigenvalue weighted by Gasteiger charge is -2.06. The second-order valence-electron chi connectivity index (χ2n) is 4.87. The number of hydrogen-bond donors (Lipinski definition) is 1. The number of fused-ring (bicyclic) bond motifs is 1. The van der Waals surface area contributed by atoms with Crippen LogP contribution in [0.25, 0.3) is 10.8 Å². The number of hydrogen-bond acceptors (Lipinski definition) is 6. The minimum absolute atomic E-state index is 0.297. The van der Waals surface area contributed by atoms with Crippen molar-refractivity contribution >= 4 is 38.0 Å². The maximum atomic E-state index is 10.9. The van der Waals surface area contributed by atoms with Gasteiger partial charge in [0.05, 0.1) is 16.3 Å². The first-order valence-electron chi connectivity index (χ1n) is 6.70. The molecule has 0 fully saturated rings. The van der Waals surface area contributed by atoms with Gasteiger partial charge in [-0.05, 0) is 36.4 Å². The Morgan fingerprint density at radius 2 is 1.48 bits per heavy atom. The monoisotopic (exact) mass is 326 g/mol. The van der Waals surface area contributed by atoms with E-state index in [2.05, 4.69) is 10.2 Å². The molecular formula is C16H12N3O3S-. The third-order valence-electron chi connectivity index (χ3n) is 3.33. The van der Waals surface area contributed by atoms with Gasteiger partial charge in [-0.2, -0.15) is 5.11 Å². The third kappa shape index (κ3) is 3.20. The molecule has 0 aliphatic rings. The summed E-state index contributed by atoms with van der Waals surface area (Å²) >= 11 is 0. The van der Waals surface area contributed by atoms with E-state index in [1.165, 1.54) is 24.3 Å². The van der Waals surface area contributed by atoms with Crippen molar-refractivity contribution in [2.45, 2.75) is 4.90 Å². The number of anilines is 1. The second-order valence-corrected chi connectivity index (χ2v) is 6.25. The molecule has 0 saturated carbocycles. The number of nitrogens with zero attached hydrogens (tertiary/aromatic N) is 2. The molecule has 0 bridgehead atoms. The normalized spacial score (nSPS) is 12.0. The molecule has 2 N–H and O–H groups in total. The van der Waals surface area contributed by atoms with Gasteiger partial charge < -0.3 is 10.3 Å². The Balaban J connectivity index is 1.96. The van der Waals surface area contributed by atoms with Crippen molar-refractivity contribution in [1.29, 1.82) is 0 Å². The molecular weight excluding hydrogens is 314 g/mol. The van der Waals surface area contributed by atoms with Crippen LogP contribution in [0.4, 0.5) is 17.1 Å². The predicted octanol–water partition coefficient (Wildman–Crippen LogP) is 3.74. The summed E-state index contributed by atoms with van der Waals surface area (Å²) in [7, 11) is -4.46. The van der Waals surface area contributed by atoms with E-state index in [9.17, 15) is 13.0 Å². The molecule has 7 heteroatoms. The Hall–Kier alpha value is -2.77. The van der Waals surface area contributed by atoms with Crippen LogP contribution in [-0.4, -0.2) is 13.0 Å². The van der Waals surface area contributed by atoms with E-state index in [4.69, 9.17) is 5.73 Å². The standard InChI is InChI=1S/C16H13N3O3S/c17-15-9-10-16(14-4-2-1-3-13(14)15)19-18-11-5-7-12(8-6-11)23(20,21)22/h1-10H,17H2,(H,20,21,22)/p-1. The average Bonchev–Trinajstić information content (AvgIpc) is 2.54. The topological polar surface area (TPSA) is 108 Å². The van der Waals surface area contributed by atoms with Gasteiger partial charge in [0.1, 0.15) is 10.1 Å². The lowest BCUT2D eigenvalue weighted by atomic mass is 10.1. The van der Waals surface area contributed by atoms with E-state index >= 15 is 0 Å². The van der Waals surface area contributed by atoms with Gasteiger partial charge in [-0.1, -0.05) is 24.3 Å². The molecule has 0 aliphatic carbocycles. The van der Waals surface area contributed by atoms with Gasteiger partial charge in [-0.15, -0.1) is 5.11 Å². The van der Waals surface area contributed by atoms with Crippen molar-refractivity contribution < 1.29 is 13.0 Å². The van der Waals surface area contributed by atoms with Crippen molar-refractivity contribution in [2.75, 3.05) is 5.73 Å². The number of benzene rings is 3. The highest BCUT2D eigenvalue weighted by atomic mass is 32.2. The molecule has 0 spiro atoms. The fourth-order valence-corrected chi connectivity index (χ4v) is 2.65. The van der Waals surface area contributed by atoms with Crippen LogP contribution in [0.2, 0.25) is 0 Å². The molecule has 0 heterocycles. The van der Waals surface area contributed by atoms with Gasteiger partial charge in [0.2, 0.25) is 0 Å². The smallest absolute Gasteiger partial charge is 0.124 e. The highest BCUT2D eigenvalue weighted by molar-refractivity contribution is 7.85. The predicted molar refractivity (Wildman–Crippen MR) is 86.9 cm³/mol. The minimum atomic E-state index is -4.46. The van der Waals surface area contributed by atoms with Crippen LogP contribution in [0.3, 0.4) is 0 Å². The zero-order valence-electron chi connectivity index (χ0n) is 11.9. The molecule has 0 saturated heterocycles. The van der Waals surface area contributed by atoms with Gasteiger partial charge in [0, 0.05) is 16.5 Å². The summed E-state index contributed by atoms with van der Waals surface area (Å²) < 4.78 is 32.6. The zero-order chi connectivity index (χ0) is 16.4. The first kappa shape index (κ1) is 15.1. The zero-order valence-corrected chi connectivity index (χ0v) is 12.7. The van der Waals surface area contributed by atoms with Crippen LogP contribution >= 0.6 is 0 Å². The second kappa shape index (κ2) is 5.79. The third-order valence-corrected chi connectivity index (χ3v) is 4.18. The highest BCUT2D eigenvalue weighted by Gasteiger charge is 2.03. The summed E-state index contributed by atoms with van der Waals surface area (Å²) in [6.07, 6.45) is 0. The summed E-state index contributed by atoms with van der Waals surface area (Å²) in [6, 6.07) is 16.3. The Labute approximate surface area is 133 Å². The van der Waals surface area contributed by atoms with E-state index in [0.29, 0.717) is 17.1 Å². The van der Waals surface area contributed by atoms with Gasteiger partial charge in [-0.3, -0.25) is 0 Å². The number of nitrogen functional groups attached to an aromatic ring is 1. The molecule has 6 nitrogen and oxygen atoms in total. The maximum absolute atomic E-state index is 10.9. The lowest BCUT2D eigenvalue weighted by molar-refractivity contribution is 0.463. The Morgan fingerprint density at radius 1 is 0.826 bits per heavy atom. The largest absolute Gasteiger partial charge is 0.744 e. The van der Waals surface area contributed by atoms with Gasteiger partial charge in [-0.25, -0.2) is 8.42 Å². The van der Waals surface area contributed by atoms with E-state index in [1.54, 1.807) is 12.1 Å². The fraction of sp³-hybridized carbons (Fsp3) is 0. The molecule has 0 radical (unpaired) electrons. The van der Waals surface area contributed by atoms with Crippen molar-refractivity contribution in [3.05, 3.63) is 60.7 Å². The molecule has 0 aliphatic heterocycles. The first-order valence-corrected chi connectivity index (χ1v) is 8.11. The lowest BCUT2D eigenvalue weighted by Crippen LogP contribution is -1.97. The molecule has 0 unspecified atom stereocenters. The number of rotatable bonds is 3. The number of nitrogens with two attached hydrogens (primary N) is 1. The minimum Gasteiger partial charge on any atom is -0.744 e. The van der Waals surface area contributed by atoms with E-state index < -0.39 is 10.1 Å². The average molecular weight is 326 g/mol. The quantitative estimate of drug-likeness (QED) is 0.449. The molecule has 3 rings (SSSR count). The molecule has 3 aromatic carbocycles.